The molecule has 0 unspecified atom stereocenters. The van der Waals surface area contributed by atoms with E-state index in [1.165, 1.54) is 0 Å². The predicted molar refractivity (Wildman–Crippen MR) is 134 cm³/mol. The summed E-state index contributed by atoms with van der Waals surface area (Å²) in [6, 6.07) is 24.8. The van der Waals surface area contributed by atoms with E-state index in [2.05, 4.69) is 13.8 Å². The van der Waals surface area contributed by atoms with Gasteiger partial charge in [0, 0.05) is 5.41 Å². The molecule has 0 spiro atoms. The summed E-state index contributed by atoms with van der Waals surface area (Å²) in [4.78, 5) is 0. The van der Waals surface area contributed by atoms with E-state index in [-0.39, 0.29) is 16.9 Å². The second-order valence-corrected chi connectivity index (χ2v) is 8.55. The molecule has 0 heterocycles. The van der Waals surface area contributed by atoms with Crippen LogP contribution in [0.1, 0.15) is 25.0 Å². The molecule has 4 aromatic carbocycles. The summed E-state index contributed by atoms with van der Waals surface area (Å²) in [6.07, 6.45) is 0. The fraction of sp³-hybridized carbons (Fsp3) is 0.172. The third kappa shape index (κ3) is 5.27. The second-order valence-electron chi connectivity index (χ2n) is 8.55. The van der Waals surface area contributed by atoms with Crippen molar-refractivity contribution in [2.24, 2.45) is 0 Å². The molecule has 0 aromatic heterocycles. The fourth-order valence-electron chi connectivity index (χ4n) is 3.73. The highest BCUT2D eigenvalue weighted by Crippen LogP contribution is 2.42. The summed E-state index contributed by atoms with van der Waals surface area (Å²) < 4.78 is 23.1. The number of hydrogen-bond donors (Lipinski definition) is 2. The first-order valence-corrected chi connectivity index (χ1v) is 11.1. The highest BCUT2D eigenvalue weighted by Gasteiger charge is 2.26. The molecular weight excluding hydrogens is 444 g/mol. The number of benzene rings is 4. The number of rotatable bonds is 8. The smallest absolute Gasteiger partial charge is 0.169 e. The normalized spacial score (nSPS) is 11.1. The van der Waals surface area contributed by atoms with E-state index < -0.39 is 0 Å². The Morgan fingerprint density at radius 3 is 1.23 bits per heavy atom. The van der Waals surface area contributed by atoms with E-state index in [0.717, 1.165) is 11.1 Å². The average Bonchev–Trinajstić information content (AvgIpc) is 2.87. The van der Waals surface area contributed by atoms with Crippen molar-refractivity contribution >= 4 is 0 Å². The van der Waals surface area contributed by atoms with Crippen LogP contribution in [0.25, 0.3) is 0 Å². The van der Waals surface area contributed by atoms with Gasteiger partial charge in [-0.15, -0.1) is 0 Å². The Morgan fingerprint density at radius 2 is 0.886 bits per heavy atom. The molecule has 0 saturated heterocycles. The minimum absolute atomic E-state index is 0.177. The van der Waals surface area contributed by atoms with Crippen LogP contribution in [0.4, 0.5) is 0 Å². The van der Waals surface area contributed by atoms with Gasteiger partial charge < -0.3 is 29.2 Å². The molecule has 0 bridgehead atoms. The van der Waals surface area contributed by atoms with Gasteiger partial charge in [0.25, 0.3) is 0 Å². The molecule has 0 aliphatic heterocycles. The molecule has 6 nitrogen and oxygen atoms in total. The average molecular weight is 473 g/mol. The van der Waals surface area contributed by atoms with Crippen LogP contribution >= 0.6 is 0 Å². The van der Waals surface area contributed by atoms with Crippen molar-refractivity contribution in [3.8, 4) is 46.0 Å². The molecule has 0 radical (unpaired) electrons. The zero-order chi connectivity index (χ0) is 25.0. The number of phenolic OH excluding ortho intramolecular Hbond substituents is 2. The Morgan fingerprint density at radius 1 is 0.514 bits per heavy atom. The maximum atomic E-state index is 9.49. The molecule has 6 heteroatoms. The lowest BCUT2D eigenvalue weighted by Crippen LogP contribution is -2.19. The van der Waals surface area contributed by atoms with E-state index in [0.29, 0.717) is 34.5 Å². The van der Waals surface area contributed by atoms with Crippen LogP contribution in [-0.4, -0.2) is 24.4 Å². The van der Waals surface area contributed by atoms with E-state index in [4.69, 9.17) is 18.9 Å². The fourth-order valence-corrected chi connectivity index (χ4v) is 3.73. The lowest BCUT2D eigenvalue weighted by atomic mass is 9.78. The summed E-state index contributed by atoms with van der Waals surface area (Å²) in [5, 5.41) is 19.0. The molecule has 35 heavy (non-hydrogen) atoms. The summed E-state index contributed by atoms with van der Waals surface area (Å²) >= 11 is 0. The molecule has 0 aliphatic rings. The van der Waals surface area contributed by atoms with Crippen molar-refractivity contribution < 1.29 is 29.2 Å². The van der Waals surface area contributed by atoms with E-state index >= 15 is 0 Å². The van der Waals surface area contributed by atoms with Gasteiger partial charge >= 0.3 is 0 Å². The highest BCUT2D eigenvalue weighted by molar-refractivity contribution is 5.53. The van der Waals surface area contributed by atoms with E-state index in [9.17, 15) is 10.2 Å². The number of methoxy groups -OCH3 is 2. The molecule has 4 rings (SSSR count). The SMILES string of the molecule is COc1cc(C(C)(C)c2ccc(Oc3ccc(O)cc3)c(OC)c2)ccc1Oc1ccc(O)cc1. The maximum Gasteiger partial charge on any atom is 0.169 e. The highest BCUT2D eigenvalue weighted by atomic mass is 16.5. The quantitative estimate of drug-likeness (QED) is 0.287. The van der Waals surface area contributed by atoms with Gasteiger partial charge in [-0.05, 0) is 83.9 Å². The Kier molecular flexibility index (Phi) is 6.73. The Hall–Kier alpha value is -4.32. The monoisotopic (exact) mass is 472 g/mol. The second kappa shape index (κ2) is 9.89. The third-order valence-corrected chi connectivity index (χ3v) is 5.90. The minimum atomic E-state index is -0.380. The number of hydrogen-bond acceptors (Lipinski definition) is 6. The van der Waals surface area contributed by atoms with Crippen molar-refractivity contribution in [1.29, 1.82) is 0 Å². The van der Waals surface area contributed by atoms with E-state index in [1.54, 1.807) is 62.8 Å². The van der Waals surface area contributed by atoms with Crippen molar-refractivity contribution in [3.05, 3.63) is 96.1 Å². The minimum Gasteiger partial charge on any atom is -0.508 e. The van der Waals surface area contributed by atoms with Gasteiger partial charge in [-0.2, -0.15) is 0 Å². The first-order valence-electron chi connectivity index (χ1n) is 11.1. The third-order valence-electron chi connectivity index (χ3n) is 5.90. The van der Waals surface area contributed by atoms with Crippen LogP contribution in [0.5, 0.6) is 46.0 Å². The van der Waals surface area contributed by atoms with Gasteiger partial charge in [0.05, 0.1) is 14.2 Å². The van der Waals surface area contributed by atoms with Crippen LogP contribution in [0.15, 0.2) is 84.9 Å². The molecule has 0 aliphatic carbocycles. The van der Waals surface area contributed by atoms with E-state index in [1.807, 2.05) is 36.4 Å². The van der Waals surface area contributed by atoms with Crippen molar-refractivity contribution in [2.45, 2.75) is 19.3 Å². The van der Waals surface area contributed by atoms with Gasteiger partial charge in [-0.1, -0.05) is 26.0 Å². The van der Waals surface area contributed by atoms with Crippen molar-refractivity contribution in [2.75, 3.05) is 14.2 Å². The first-order chi connectivity index (χ1) is 16.8. The zero-order valence-corrected chi connectivity index (χ0v) is 20.1. The summed E-state index contributed by atoms with van der Waals surface area (Å²) in [5.41, 5.74) is 1.68. The lowest BCUT2D eigenvalue weighted by Gasteiger charge is -2.28. The van der Waals surface area contributed by atoms with Crippen LogP contribution in [-0.2, 0) is 5.41 Å². The van der Waals surface area contributed by atoms with Gasteiger partial charge in [0.1, 0.15) is 23.0 Å². The van der Waals surface area contributed by atoms with Gasteiger partial charge in [-0.25, -0.2) is 0 Å². The molecule has 0 amide bonds. The summed E-state index contributed by atoms with van der Waals surface area (Å²) in [6.45, 7) is 4.25. The Labute approximate surface area is 204 Å². The van der Waals surface area contributed by atoms with Crippen LogP contribution < -0.4 is 18.9 Å². The van der Waals surface area contributed by atoms with Crippen LogP contribution in [0.3, 0.4) is 0 Å². The maximum absolute atomic E-state index is 9.49. The lowest BCUT2D eigenvalue weighted by molar-refractivity contribution is 0.375. The number of phenols is 2. The molecule has 4 aromatic rings. The molecular formula is C29H28O6. The molecule has 2 N–H and O–H groups in total. The van der Waals surface area contributed by atoms with Crippen LogP contribution in [0, 0.1) is 0 Å². The molecule has 0 atom stereocenters. The summed E-state index contributed by atoms with van der Waals surface area (Å²) in [5.74, 6) is 3.91. The first kappa shape index (κ1) is 23.8. The van der Waals surface area contributed by atoms with Gasteiger partial charge in [-0.3, -0.25) is 0 Å². The molecule has 0 saturated carbocycles. The largest absolute Gasteiger partial charge is 0.508 e. The van der Waals surface area contributed by atoms with Crippen molar-refractivity contribution in [3.63, 3.8) is 0 Å². The van der Waals surface area contributed by atoms with Gasteiger partial charge in [0.2, 0.25) is 0 Å². The Balaban J connectivity index is 1.61. The Bertz CT molecular complexity index is 1190. The summed E-state index contributed by atoms with van der Waals surface area (Å²) in [7, 11) is 3.21. The molecule has 180 valence electrons. The van der Waals surface area contributed by atoms with Crippen molar-refractivity contribution in [1.82, 2.24) is 0 Å². The zero-order valence-electron chi connectivity index (χ0n) is 20.1. The predicted octanol–water partition coefficient (Wildman–Crippen LogP) is 7.03. The number of ether oxygens (including phenoxy) is 4. The van der Waals surface area contributed by atoms with Crippen LogP contribution in [0.2, 0.25) is 0 Å². The molecule has 0 fully saturated rings. The number of aromatic hydroxyl groups is 2. The van der Waals surface area contributed by atoms with Gasteiger partial charge in [0.15, 0.2) is 23.0 Å². The standard InChI is InChI=1S/C29H28O6/c1-29(2,19-5-15-25(27(17-19)32-3)34-23-11-7-21(30)8-12-23)20-6-16-26(28(18-20)33-4)35-24-13-9-22(31)10-14-24/h5-18,30-31H,1-4H3. The topological polar surface area (TPSA) is 77.4 Å².